The zero-order valence-corrected chi connectivity index (χ0v) is 12.6. The molecule has 2 aromatic heterocycles. The minimum Gasteiger partial charge on any atom is -0.377 e. The van der Waals surface area contributed by atoms with E-state index in [0.717, 1.165) is 12.2 Å². The zero-order valence-electron chi connectivity index (χ0n) is 11.7. The maximum Gasteiger partial charge on any atom is 0.0828 e. The van der Waals surface area contributed by atoms with Crippen LogP contribution >= 0.6 is 11.3 Å². The Balaban J connectivity index is 2.17. The van der Waals surface area contributed by atoms with Gasteiger partial charge in [-0.3, -0.25) is 4.68 Å². The van der Waals surface area contributed by atoms with Crippen molar-refractivity contribution in [2.75, 3.05) is 5.32 Å². The lowest BCUT2D eigenvalue weighted by atomic mass is 10.2. The fourth-order valence-corrected chi connectivity index (χ4v) is 3.02. The van der Waals surface area contributed by atoms with Gasteiger partial charge in [0, 0.05) is 17.5 Å². The van der Waals surface area contributed by atoms with E-state index < -0.39 is 0 Å². The summed E-state index contributed by atoms with van der Waals surface area (Å²) in [5.41, 5.74) is 4.84. The van der Waals surface area contributed by atoms with E-state index in [4.69, 9.17) is 0 Å². The summed E-state index contributed by atoms with van der Waals surface area (Å²) in [6.45, 7) is 11.6. The standard InChI is InChI=1S/C14H21N3S/c1-9(2)17-12(5)14(11(4)16-17)15-8-13-10(3)6-7-18-13/h6-7,9,15H,8H2,1-5H3. The molecule has 4 heteroatoms. The van der Waals surface area contributed by atoms with Crippen LogP contribution in [-0.2, 0) is 6.54 Å². The molecule has 18 heavy (non-hydrogen) atoms. The van der Waals surface area contributed by atoms with Crippen molar-refractivity contribution in [3.8, 4) is 0 Å². The number of anilines is 1. The topological polar surface area (TPSA) is 29.9 Å². The normalized spacial score (nSPS) is 11.2. The van der Waals surface area contributed by atoms with Gasteiger partial charge in [-0.15, -0.1) is 11.3 Å². The number of hydrogen-bond donors (Lipinski definition) is 1. The molecule has 0 saturated heterocycles. The maximum atomic E-state index is 4.59. The van der Waals surface area contributed by atoms with E-state index in [1.807, 2.05) is 0 Å². The van der Waals surface area contributed by atoms with E-state index in [2.05, 4.69) is 61.2 Å². The first-order valence-electron chi connectivity index (χ1n) is 6.33. The predicted octanol–water partition coefficient (Wildman–Crippen LogP) is 4.06. The number of nitrogens with zero attached hydrogens (tertiary/aromatic N) is 2. The molecule has 0 aliphatic carbocycles. The average Bonchev–Trinajstić information content (AvgIpc) is 2.82. The average molecular weight is 263 g/mol. The third-order valence-corrected chi connectivity index (χ3v) is 4.23. The van der Waals surface area contributed by atoms with Crippen molar-refractivity contribution in [2.24, 2.45) is 0 Å². The van der Waals surface area contributed by atoms with E-state index in [-0.39, 0.29) is 0 Å². The third kappa shape index (κ3) is 2.43. The van der Waals surface area contributed by atoms with Gasteiger partial charge in [0.15, 0.2) is 0 Å². The van der Waals surface area contributed by atoms with Gasteiger partial charge in [0.05, 0.1) is 17.1 Å². The summed E-state index contributed by atoms with van der Waals surface area (Å²) in [4.78, 5) is 1.39. The highest BCUT2D eigenvalue weighted by Crippen LogP contribution is 2.24. The van der Waals surface area contributed by atoms with Gasteiger partial charge < -0.3 is 5.32 Å². The van der Waals surface area contributed by atoms with Gasteiger partial charge in [0.2, 0.25) is 0 Å². The van der Waals surface area contributed by atoms with E-state index in [9.17, 15) is 0 Å². The monoisotopic (exact) mass is 263 g/mol. The molecule has 2 rings (SSSR count). The number of aromatic nitrogens is 2. The SMILES string of the molecule is Cc1ccsc1CNc1c(C)nn(C(C)C)c1C. The molecule has 0 aliphatic heterocycles. The number of nitrogens with one attached hydrogen (secondary N) is 1. The van der Waals surface area contributed by atoms with E-state index >= 15 is 0 Å². The molecule has 0 bridgehead atoms. The van der Waals surface area contributed by atoms with Gasteiger partial charge >= 0.3 is 0 Å². The van der Waals surface area contributed by atoms with Crippen molar-refractivity contribution < 1.29 is 0 Å². The van der Waals surface area contributed by atoms with Crippen LogP contribution in [0.25, 0.3) is 0 Å². The van der Waals surface area contributed by atoms with Crippen LogP contribution in [0, 0.1) is 20.8 Å². The van der Waals surface area contributed by atoms with Crippen LogP contribution in [0.4, 0.5) is 5.69 Å². The molecule has 0 saturated carbocycles. The molecule has 0 aliphatic rings. The Morgan fingerprint density at radius 1 is 1.33 bits per heavy atom. The maximum absolute atomic E-state index is 4.59. The smallest absolute Gasteiger partial charge is 0.0828 e. The summed E-state index contributed by atoms with van der Waals surface area (Å²) in [5.74, 6) is 0. The fraction of sp³-hybridized carbons (Fsp3) is 0.500. The minimum atomic E-state index is 0.405. The number of rotatable bonds is 4. The predicted molar refractivity (Wildman–Crippen MR) is 78.5 cm³/mol. The van der Waals surface area contributed by atoms with Gasteiger partial charge in [-0.1, -0.05) is 0 Å². The van der Waals surface area contributed by atoms with Gasteiger partial charge in [-0.25, -0.2) is 0 Å². The zero-order chi connectivity index (χ0) is 13.3. The molecule has 2 heterocycles. The number of thiophene rings is 1. The Labute approximate surface area is 113 Å². The van der Waals surface area contributed by atoms with Crippen LogP contribution in [0.3, 0.4) is 0 Å². The Kier molecular flexibility index (Phi) is 3.76. The molecule has 1 N–H and O–H groups in total. The highest BCUT2D eigenvalue weighted by molar-refractivity contribution is 7.10. The molecular formula is C14H21N3S. The Morgan fingerprint density at radius 3 is 2.56 bits per heavy atom. The molecule has 0 amide bonds. The second kappa shape index (κ2) is 5.14. The lowest BCUT2D eigenvalue weighted by Crippen LogP contribution is -2.06. The first-order valence-corrected chi connectivity index (χ1v) is 7.21. The van der Waals surface area contributed by atoms with Gasteiger partial charge in [0.25, 0.3) is 0 Å². The second-order valence-electron chi connectivity index (χ2n) is 4.96. The van der Waals surface area contributed by atoms with E-state index in [1.54, 1.807) is 11.3 Å². The first kappa shape index (κ1) is 13.1. The van der Waals surface area contributed by atoms with Crippen LogP contribution < -0.4 is 5.32 Å². The van der Waals surface area contributed by atoms with Crippen molar-refractivity contribution in [3.63, 3.8) is 0 Å². The largest absolute Gasteiger partial charge is 0.377 e. The lowest BCUT2D eigenvalue weighted by Gasteiger charge is -2.09. The summed E-state index contributed by atoms with van der Waals surface area (Å²) in [5, 5.41) is 10.3. The summed E-state index contributed by atoms with van der Waals surface area (Å²) in [6, 6.07) is 2.57. The van der Waals surface area contributed by atoms with Crippen LogP contribution in [0.2, 0.25) is 0 Å². The van der Waals surface area contributed by atoms with Crippen molar-refractivity contribution >= 4 is 17.0 Å². The van der Waals surface area contributed by atoms with Gasteiger partial charge in [-0.05, 0) is 51.6 Å². The van der Waals surface area contributed by atoms with E-state index in [1.165, 1.54) is 21.8 Å². The van der Waals surface area contributed by atoms with Crippen LogP contribution in [0.5, 0.6) is 0 Å². The Bertz CT molecular complexity index is 537. The molecule has 98 valence electrons. The summed E-state index contributed by atoms with van der Waals surface area (Å²) in [7, 11) is 0. The molecule has 0 unspecified atom stereocenters. The molecule has 0 atom stereocenters. The Morgan fingerprint density at radius 2 is 2.06 bits per heavy atom. The fourth-order valence-electron chi connectivity index (χ4n) is 2.18. The van der Waals surface area contributed by atoms with Crippen LogP contribution in [-0.4, -0.2) is 9.78 Å². The molecule has 0 radical (unpaired) electrons. The van der Waals surface area contributed by atoms with Crippen LogP contribution in [0.15, 0.2) is 11.4 Å². The van der Waals surface area contributed by atoms with Gasteiger partial charge in [0.1, 0.15) is 0 Å². The Hall–Kier alpha value is -1.29. The molecule has 0 spiro atoms. The highest BCUT2D eigenvalue weighted by atomic mass is 32.1. The number of aryl methyl sites for hydroxylation is 2. The van der Waals surface area contributed by atoms with Crippen molar-refractivity contribution in [3.05, 3.63) is 33.3 Å². The molecule has 3 nitrogen and oxygen atoms in total. The lowest BCUT2D eigenvalue weighted by molar-refractivity contribution is 0.516. The molecule has 2 aromatic rings. The van der Waals surface area contributed by atoms with E-state index in [0.29, 0.717) is 6.04 Å². The van der Waals surface area contributed by atoms with Gasteiger partial charge in [-0.2, -0.15) is 5.10 Å². The summed E-state index contributed by atoms with van der Waals surface area (Å²) in [6.07, 6.45) is 0. The highest BCUT2D eigenvalue weighted by Gasteiger charge is 2.13. The van der Waals surface area contributed by atoms with Crippen molar-refractivity contribution in [1.82, 2.24) is 9.78 Å². The van der Waals surface area contributed by atoms with Crippen molar-refractivity contribution in [1.29, 1.82) is 0 Å². The van der Waals surface area contributed by atoms with Crippen LogP contribution in [0.1, 0.15) is 41.7 Å². The van der Waals surface area contributed by atoms with Crippen molar-refractivity contribution in [2.45, 2.75) is 47.2 Å². The molecule has 0 aromatic carbocycles. The molecular weight excluding hydrogens is 242 g/mol. The second-order valence-corrected chi connectivity index (χ2v) is 5.97. The first-order chi connectivity index (χ1) is 8.50. The quantitative estimate of drug-likeness (QED) is 0.901. The molecule has 0 fully saturated rings. The summed E-state index contributed by atoms with van der Waals surface area (Å²) >= 11 is 1.80. The number of hydrogen-bond acceptors (Lipinski definition) is 3. The minimum absolute atomic E-state index is 0.405. The third-order valence-electron chi connectivity index (χ3n) is 3.21. The summed E-state index contributed by atoms with van der Waals surface area (Å²) < 4.78 is 2.08.